The Kier molecular flexibility index (Phi) is 5.89. The Morgan fingerprint density at radius 1 is 1.16 bits per heavy atom. The maximum atomic E-state index is 13.4. The Bertz CT molecular complexity index is 1070. The highest BCUT2D eigenvalue weighted by molar-refractivity contribution is 6.09. The van der Waals surface area contributed by atoms with Crippen LogP contribution in [0.25, 0.3) is 0 Å². The van der Waals surface area contributed by atoms with Crippen molar-refractivity contribution in [2.24, 2.45) is 0 Å². The van der Waals surface area contributed by atoms with Crippen molar-refractivity contribution in [2.45, 2.75) is 46.0 Å². The molecule has 2 aromatic rings. The number of benzene rings is 1. The van der Waals surface area contributed by atoms with Crippen molar-refractivity contribution in [3.05, 3.63) is 76.3 Å². The molecule has 0 bridgehead atoms. The highest BCUT2D eigenvalue weighted by Gasteiger charge is 2.38. The highest BCUT2D eigenvalue weighted by Crippen LogP contribution is 2.42. The van der Waals surface area contributed by atoms with E-state index < -0.39 is 5.92 Å². The lowest BCUT2D eigenvalue weighted by atomic mass is 9.75. The van der Waals surface area contributed by atoms with E-state index in [1.165, 1.54) is 0 Å². The SMILES string of the molecule is CCOc1ccc(C2C(C(=O)Nc3ccc(C)cn3)=C(C)NC3=C2C(=O)CCC3)cc1. The van der Waals surface area contributed by atoms with Gasteiger partial charge in [0.15, 0.2) is 5.78 Å². The van der Waals surface area contributed by atoms with Crippen LogP contribution in [0, 0.1) is 6.92 Å². The fourth-order valence-corrected chi connectivity index (χ4v) is 4.27. The van der Waals surface area contributed by atoms with Gasteiger partial charge < -0.3 is 15.4 Å². The average Bonchev–Trinajstić information content (AvgIpc) is 2.75. The molecule has 160 valence electrons. The van der Waals surface area contributed by atoms with Crippen LogP contribution in [0.2, 0.25) is 0 Å². The van der Waals surface area contributed by atoms with Gasteiger partial charge in [-0.2, -0.15) is 0 Å². The molecule has 0 spiro atoms. The first kappa shape index (κ1) is 20.8. The van der Waals surface area contributed by atoms with E-state index >= 15 is 0 Å². The van der Waals surface area contributed by atoms with Crippen molar-refractivity contribution < 1.29 is 14.3 Å². The molecule has 2 aliphatic rings. The minimum Gasteiger partial charge on any atom is -0.494 e. The third kappa shape index (κ3) is 4.24. The first-order valence-corrected chi connectivity index (χ1v) is 10.7. The molecule has 1 aliphatic carbocycles. The molecule has 2 heterocycles. The quantitative estimate of drug-likeness (QED) is 0.754. The molecule has 1 atom stereocenters. The number of carbonyl (C=O) groups excluding carboxylic acids is 2. The number of nitrogens with zero attached hydrogens (tertiary/aromatic N) is 1. The zero-order chi connectivity index (χ0) is 22.0. The molecule has 0 radical (unpaired) electrons. The predicted octanol–water partition coefficient (Wildman–Crippen LogP) is 4.40. The van der Waals surface area contributed by atoms with E-state index in [0.717, 1.165) is 41.1 Å². The Morgan fingerprint density at radius 2 is 1.94 bits per heavy atom. The number of pyridine rings is 1. The van der Waals surface area contributed by atoms with Gasteiger partial charge in [-0.3, -0.25) is 9.59 Å². The molecule has 1 amide bonds. The zero-order valence-electron chi connectivity index (χ0n) is 18.1. The highest BCUT2D eigenvalue weighted by atomic mass is 16.5. The number of aryl methyl sites for hydroxylation is 1. The molecule has 2 N–H and O–H groups in total. The molecule has 0 saturated heterocycles. The predicted molar refractivity (Wildman–Crippen MR) is 120 cm³/mol. The van der Waals surface area contributed by atoms with E-state index in [2.05, 4.69) is 15.6 Å². The van der Waals surface area contributed by atoms with Crippen LogP contribution >= 0.6 is 0 Å². The Hall–Kier alpha value is -3.41. The number of aromatic nitrogens is 1. The third-order valence-corrected chi connectivity index (χ3v) is 5.70. The van der Waals surface area contributed by atoms with Crippen molar-refractivity contribution in [3.63, 3.8) is 0 Å². The molecule has 0 fully saturated rings. The van der Waals surface area contributed by atoms with Crippen molar-refractivity contribution in [1.29, 1.82) is 0 Å². The summed E-state index contributed by atoms with van der Waals surface area (Å²) in [5.74, 6) is 0.658. The van der Waals surface area contributed by atoms with Gasteiger partial charge in [-0.25, -0.2) is 4.98 Å². The van der Waals surface area contributed by atoms with Gasteiger partial charge >= 0.3 is 0 Å². The number of allylic oxidation sites excluding steroid dienone is 3. The van der Waals surface area contributed by atoms with E-state index in [9.17, 15) is 9.59 Å². The lowest BCUT2D eigenvalue weighted by molar-refractivity contribution is -0.116. The van der Waals surface area contributed by atoms with Gasteiger partial charge in [0.2, 0.25) is 0 Å². The summed E-state index contributed by atoms with van der Waals surface area (Å²) in [7, 11) is 0. The van der Waals surface area contributed by atoms with Gasteiger partial charge in [-0.05, 0) is 62.9 Å². The van der Waals surface area contributed by atoms with Gasteiger partial charge in [0.1, 0.15) is 11.6 Å². The topological polar surface area (TPSA) is 80.3 Å². The smallest absolute Gasteiger partial charge is 0.255 e. The van der Waals surface area contributed by atoms with Crippen molar-refractivity contribution >= 4 is 17.5 Å². The monoisotopic (exact) mass is 417 g/mol. The minimum atomic E-state index is -0.426. The second-order valence-electron chi connectivity index (χ2n) is 7.94. The summed E-state index contributed by atoms with van der Waals surface area (Å²) in [5.41, 5.74) is 4.84. The lowest BCUT2D eigenvalue weighted by Crippen LogP contribution is -2.35. The van der Waals surface area contributed by atoms with Crippen LogP contribution < -0.4 is 15.4 Å². The molecule has 6 heteroatoms. The number of Topliss-reactive ketones (excluding diaryl/α,β-unsaturated/α-hetero) is 1. The van der Waals surface area contributed by atoms with Gasteiger partial charge in [-0.15, -0.1) is 0 Å². The molecule has 1 aliphatic heterocycles. The second kappa shape index (κ2) is 8.76. The van der Waals surface area contributed by atoms with Crippen molar-refractivity contribution in [3.8, 4) is 5.75 Å². The number of hydrogen-bond acceptors (Lipinski definition) is 5. The molecule has 1 unspecified atom stereocenters. The number of dihydropyridines is 1. The van der Waals surface area contributed by atoms with Gasteiger partial charge in [0.25, 0.3) is 5.91 Å². The van der Waals surface area contributed by atoms with E-state index in [-0.39, 0.29) is 11.7 Å². The molecule has 31 heavy (non-hydrogen) atoms. The van der Waals surface area contributed by atoms with Crippen LogP contribution in [-0.2, 0) is 9.59 Å². The van der Waals surface area contributed by atoms with Crippen LogP contribution in [0.5, 0.6) is 5.75 Å². The van der Waals surface area contributed by atoms with E-state index in [1.54, 1.807) is 12.3 Å². The summed E-state index contributed by atoms with van der Waals surface area (Å²) >= 11 is 0. The number of anilines is 1. The molecule has 1 aromatic heterocycles. The molecule has 4 rings (SSSR count). The Morgan fingerprint density at radius 3 is 2.61 bits per heavy atom. The maximum Gasteiger partial charge on any atom is 0.255 e. The Labute approximate surface area is 182 Å². The normalized spacial score (nSPS) is 18.4. The lowest BCUT2D eigenvalue weighted by Gasteiger charge is -2.34. The Balaban J connectivity index is 1.74. The van der Waals surface area contributed by atoms with Crippen LogP contribution in [0.3, 0.4) is 0 Å². The van der Waals surface area contributed by atoms with Crippen LogP contribution in [-0.4, -0.2) is 23.3 Å². The summed E-state index contributed by atoms with van der Waals surface area (Å²) < 4.78 is 5.57. The minimum absolute atomic E-state index is 0.0962. The van der Waals surface area contributed by atoms with Crippen molar-refractivity contribution in [2.75, 3.05) is 11.9 Å². The fraction of sp³-hybridized carbons (Fsp3) is 0.320. The third-order valence-electron chi connectivity index (χ3n) is 5.70. The first-order valence-electron chi connectivity index (χ1n) is 10.7. The summed E-state index contributed by atoms with van der Waals surface area (Å²) in [6, 6.07) is 11.3. The zero-order valence-corrected chi connectivity index (χ0v) is 18.1. The summed E-state index contributed by atoms with van der Waals surface area (Å²) in [4.78, 5) is 30.6. The van der Waals surface area contributed by atoms with Gasteiger partial charge in [0, 0.05) is 41.1 Å². The summed E-state index contributed by atoms with van der Waals surface area (Å²) in [5, 5.41) is 6.24. The van der Waals surface area contributed by atoms with Crippen LogP contribution in [0.4, 0.5) is 5.82 Å². The van der Waals surface area contributed by atoms with Crippen molar-refractivity contribution in [1.82, 2.24) is 10.3 Å². The first-order chi connectivity index (χ1) is 15.0. The summed E-state index contributed by atoms with van der Waals surface area (Å²) in [6.07, 6.45) is 3.84. The van der Waals surface area contributed by atoms with Crippen LogP contribution in [0.15, 0.2) is 65.1 Å². The van der Waals surface area contributed by atoms with E-state index in [0.29, 0.717) is 30.0 Å². The fourth-order valence-electron chi connectivity index (χ4n) is 4.27. The molecular weight excluding hydrogens is 390 g/mol. The second-order valence-corrected chi connectivity index (χ2v) is 7.94. The number of nitrogens with one attached hydrogen (secondary N) is 2. The number of amides is 1. The number of rotatable bonds is 5. The maximum absolute atomic E-state index is 13.4. The molecule has 0 saturated carbocycles. The van der Waals surface area contributed by atoms with E-state index in [4.69, 9.17) is 4.74 Å². The van der Waals surface area contributed by atoms with Gasteiger partial charge in [0.05, 0.1) is 6.61 Å². The van der Waals surface area contributed by atoms with Gasteiger partial charge in [-0.1, -0.05) is 18.2 Å². The molecular formula is C25H27N3O3. The standard InChI is InChI=1S/C25H27N3O3/c1-4-31-18-11-9-17(10-12-18)23-22(25(30)28-21-13-8-15(2)14-26-21)16(3)27-19-6-5-7-20(29)24(19)23/h8-14,23,27H,4-7H2,1-3H3,(H,26,28,30). The number of hydrogen-bond donors (Lipinski definition) is 2. The van der Waals surface area contributed by atoms with E-state index in [1.807, 2.05) is 51.1 Å². The molecule has 1 aromatic carbocycles. The summed E-state index contributed by atoms with van der Waals surface area (Å²) in [6.45, 7) is 6.35. The number of carbonyl (C=O) groups is 2. The number of ketones is 1. The largest absolute Gasteiger partial charge is 0.494 e. The average molecular weight is 418 g/mol. The molecule has 6 nitrogen and oxygen atoms in total. The van der Waals surface area contributed by atoms with Crippen LogP contribution in [0.1, 0.15) is 50.2 Å². The number of ether oxygens (including phenoxy) is 1.